The van der Waals surface area contributed by atoms with Crippen molar-refractivity contribution in [2.75, 3.05) is 18.8 Å². The van der Waals surface area contributed by atoms with E-state index in [0.29, 0.717) is 0 Å². The predicted octanol–water partition coefficient (Wildman–Crippen LogP) is 2.16. The maximum Gasteiger partial charge on any atom is 0.156 e. The Morgan fingerprint density at radius 2 is 2.36 bits per heavy atom. The quantitative estimate of drug-likeness (QED) is 0.658. The highest BCUT2D eigenvalue weighted by Gasteiger charge is 2.15. The van der Waals surface area contributed by atoms with Crippen LogP contribution in [-0.2, 0) is 0 Å². The van der Waals surface area contributed by atoms with Crippen molar-refractivity contribution < 1.29 is 0 Å². The van der Waals surface area contributed by atoms with Crippen LogP contribution in [0.2, 0.25) is 0 Å². The van der Waals surface area contributed by atoms with E-state index in [-0.39, 0.29) is 0 Å². The summed E-state index contributed by atoms with van der Waals surface area (Å²) in [4.78, 5) is 2.18. The fourth-order valence-corrected chi connectivity index (χ4v) is 2.08. The van der Waals surface area contributed by atoms with Gasteiger partial charge in [0.2, 0.25) is 0 Å². The third-order valence-corrected chi connectivity index (χ3v) is 2.84. The zero-order valence-corrected chi connectivity index (χ0v) is 7.91. The molecule has 0 saturated carbocycles. The molecule has 2 nitrogen and oxygen atoms in total. The van der Waals surface area contributed by atoms with Gasteiger partial charge in [-0.05, 0) is 6.42 Å². The average molecular weight is 172 g/mol. The zero-order valence-electron chi connectivity index (χ0n) is 7.10. The number of rotatable bonds is 4. The zero-order chi connectivity index (χ0) is 8.10. The molecule has 1 saturated heterocycles. The number of hydrogen-bond donors (Lipinski definition) is 1. The van der Waals surface area contributed by atoms with Crippen molar-refractivity contribution in [3.63, 3.8) is 0 Å². The number of thioether (sulfide) groups is 1. The highest BCUT2D eigenvalue weighted by atomic mass is 32.2. The highest BCUT2D eigenvalue weighted by molar-refractivity contribution is 8.14. The molecule has 1 fully saturated rings. The molecular formula is C8H16N2S. The molecule has 0 aromatic carbocycles. The second-order valence-corrected chi connectivity index (χ2v) is 3.93. The monoisotopic (exact) mass is 172 g/mol. The van der Waals surface area contributed by atoms with E-state index >= 15 is 0 Å². The van der Waals surface area contributed by atoms with Crippen LogP contribution in [0, 0.1) is 5.41 Å². The van der Waals surface area contributed by atoms with Gasteiger partial charge in [0, 0.05) is 18.8 Å². The van der Waals surface area contributed by atoms with Crippen LogP contribution in [0.15, 0.2) is 0 Å². The Kier molecular flexibility index (Phi) is 3.77. The van der Waals surface area contributed by atoms with E-state index in [4.69, 9.17) is 5.41 Å². The molecule has 0 aromatic rings. The van der Waals surface area contributed by atoms with Crippen LogP contribution in [0.5, 0.6) is 0 Å². The molecule has 1 aliphatic rings. The summed E-state index contributed by atoms with van der Waals surface area (Å²) in [7, 11) is 0. The molecule has 3 heteroatoms. The van der Waals surface area contributed by atoms with Crippen molar-refractivity contribution in [1.29, 1.82) is 5.41 Å². The van der Waals surface area contributed by atoms with Crippen molar-refractivity contribution >= 4 is 16.9 Å². The van der Waals surface area contributed by atoms with Crippen molar-refractivity contribution in [1.82, 2.24) is 4.90 Å². The van der Waals surface area contributed by atoms with Crippen LogP contribution < -0.4 is 0 Å². The number of unbranched alkanes of at least 4 members (excludes halogenated alkanes) is 2. The Morgan fingerprint density at radius 1 is 1.55 bits per heavy atom. The molecule has 0 spiro atoms. The van der Waals surface area contributed by atoms with Crippen molar-refractivity contribution in [2.45, 2.75) is 26.2 Å². The van der Waals surface area contributed by atoms with Crippen LogP contribution >= 0.6 is 11.8 Å². The van der Waals surface area contributed by atoms with Gasteiger partial charge < -0.3 is 4.90 Å². The van der Waals surface area contributed by atoms with Gasteiger partial charge in [-0.3, -0.25) is 5.41 Å². The minimum Gasteiger partial charge on any atom is -0.351 e. The van der Waals surface area contributed by atoms with E-state index in [1.54, 1.807) is 11.8 Å². The van der Waals surface area contributed by atoms with Gasteiger partial charge in [-0.25, -0.2) is 0 Å². The summed E-state index contributed by atoms with van der Waals surface area (Å²) in [5.74, 6) is 1.12. The molecule has 1 N–H and O–H groups in total. The van der Waals surface area contributed by atoms with Crippen LogP contribution in [0.1, 0.15) is 26.2 Å². The third-order valence-electron chi connectivity index (χ3n) is 1.92. The van der Waals surface area contributed by atoms with Gasteiger partial charge in [-0.1, -0.05) is 31.5 Å². The number of amidine groups is 1. The van der Waals surface area contributed by atoms with Gasteiger partial charge in [0.25, 0.3) is 0 Å². The molecule has 0 atom stereocenters. The normalized spacial score (nSPS) is 17.9. The first-order chi connectivity index (χ1) is 5.34. The van der Waals surface area contributed by atoms with Gasteiger partial charge in [0.1, 0.15) is 0 Å². The maximum atomic E-state index is 7.53. The molecule has 0 aliphatic carbocycles. The van der Waals surface area contributed by atoms with Gasteiger partial charge in [0.15, 0.2) is 5.17 Å². The SMILES string of the molecule is CCCCCN1CCSC1=N. The van der Waals surface area contributed by atoms with E-state index in [2.05, 4.69) is 11.8 Å². The van der Waals surface area contributed by atoms with Crippen LogP contribution in [0.25, 0.3) is 0 Å². The molecule has 0 aromatic heterocycles. The highest BCUT2D eigenvalue weighted by Crippen LogP contribution is 2.16. The van der Waals surface area contributed by atoms with Crippen LogP contribution in [-0.4, -0.2) is 28.9 Å². The predicted molar refractivity (Wildman–Crippen MR) is 51.3 cm³/mol. The topological polar surface area (TPSA) is 27.1 Å². The average Bonchev–Trinajstić information content (AvgIpc) is 2.37. The summed E-state index contributed by atoms with van der Waals surface area (Å²) in [6.45, 7) is 4.40. The Labute approximate surface area is 72.9 Å². The smallest absolute Gasteiger partial charge is 0.156 e. The Hall–Kier alpha value is -0.180. The Balaban J connectivity index is 2.10. The minimum absolute atomic E-state index is 0.779. The molecule has 0 amide bonds. The molecule has 11 heavy (non-hydrogen) atoms. The fourth-order valence-electron chi connectivity index (χ4n) is 1.21. The maximum absolute atomic E-state index is 7.53. The van der Waals surface area contributed by atoms with Gasteiger partial charge in [-0.2, -0.15) is 0 Å². The van der Waals surface area contributed by atoms with Crippen LogP contribution in [0.3, 0.4) is 0 Å². The second kappa shape index (κ2) is 4.65. The van der Waals surface area contributed by atoms with Crippen molar-refractivity contribution in [3.05, 3.63) is 0 Å². The lowest BCUT2D eigenvalue weighted by molar-refractivity contribution is 0.439. The first-order valence-corrected chi connectivity index (χ1v) is 5.29. The first-order valence-electron chi connectivity index (χ1n) is 4.31. The summed E-state index contributed by atoms with van der Waals surface area (Å²) in [5, 5.41) is 8.31. The summed E-state index contributed by atoms with van der Waals surface area (Å²) in [5.41, 5.74) is 0. The van der Waals surface area contributed by atoms with Crippen molar-refractivity contribution in [3.8, 4) is 0 Å². The number of hydrogen-bond acceptors (Lipinski definition) is 2. The second-order valence-electron chi connectivity index (χ2n) is 2.85. The van der Waals surface area contributed by atoms with E-state index in [0.717, 1.165) is 24.0 Å². The third kappa shape index (κ3) is 2.73. The molecule has 0 radical (unpaired) electrons. The van der Waals surface area contributed by atoms with E-state index in [1.807, 2.05) is 0 Å². The summed E-state index contributed by atoms with van der Waals surface area (Å²) in [6, 6.07) is 0. The fraction of sp³-hybridized carbons (Fsp3) is 0.875. The van der Waals surface area contributed by atoms with E-state index in [1.165, 1.54) is 19.3 Å². The minimum atomic E-state index is 0.779. The van der Waals surface area contributed by atoms with Gasteiger partial charge in [0.05, 0.1) is 0 Å². The summed E-state index contributed by atoms with van der Waals surface area (Å²) in [6.07, 6.45) is 3.82. The number of nitrogens with zero attached hydrogens (tertiary/aromatic N) is 1. The van der Waals surface area contributed by atoms with Crippen molar-refractivity contribution in [2.24, 2.45) is 0 Å². The molecule has 0 unspecified atom stereocenters. The van der Waals surface area contributed by atoms with Gasteiger partial charge in [-0.15, -0.1) is 0 Å². The first kappa shape index (κ1) is 8.91. The van der Waals surface area contributed by atoms with Gasteiger partial charge >= 0.3 is 0 Å². The summed E-state index contributed by atoms with van der Waals surface area (Å²) < 4.78 is 0. The molecule has 1 heterocycles. The molecule has 1 rings (SSSR count). The molecule has 64 valence electrons. The molecule has 0 bridgehead atoms. The summed E-state index contributed by atoms with van der Waals surface area (Å²) >= 11 is 1.67. The van der Waals surface area contributed by atoms with E-state index < -0.39 is 0 Å². The largest absolute Gasteiger partial charge is 0.351 e. The molecule has 1 aliphatic heterocycles. The lowest BCUT2D eigenvalue weighted by Gasteiger charge is -2.15. The lowest BCUT2D eigenvalue weighted by Crippen LogP contribution is -2.24. The standard InChI is InChI=1S/C8H16N2S/c1-2-3-4-5-10-6-7-11-8(10)9/h9H,2-7H2,1H3. The Bertz CT molecular complexity index is 136. The Morgan fingerprint density at radius 3 is 2.91 bits per heavy atom. The number of nitrogens with one attached hydrogen (secondary N) is 1. The van der Waals surface area contributed by atoms with E-state index in [9.17, 15) is 0 Å². The van der Waals surface area contributed by atoms with Crippen LogP contribution in [0.4, 0.5) is 0 Å². The molecular weight excluding hydrogens is 156 g/mol. The lowest BCUT2D eigenvalue weighted by atomic mass is 10.2.